The molecule has 0 nitrogen and oxygen atoms in total. The van der Waals surface area contributed by atoms with E-state index in [9.17, 15) is 8.78 Å². The van der Waals surface area contributed by atoms with E-state index in [1.54, 1.807) is 19.1 Å². The third-order valence-electron chi connectivity index (χ3n) is 6.96. The van der Waals surface area contributed by atoms with Crippen LogP contribution in [0.2, 0.25) is 0 Å². The summed E-state index contributed by atoms with van der Waals surface area (Å²) in [5.41, 5.74) is 2.78. The lowest BCUT2D eigenvalue weighted by Gasteiger charge is -2.41. The first kappa shape index (κ1) is 18.4. The van der Waals surface area contributed by atoms with Crippen LogP contribution in [0.15, 0.2) is 49.1 Å². The molecule has 0 heterocycles. The predicted octanol–water partition coefficient (Wildman–Crippen LogP) is 7.43. The van der Waals surface area contributed by atoms with Crippen molar-refractivity contribution in [1.29, 1.82) is 0 Å². The van der Waals surface area contributed by atoms with Crippen molar-refractivity contribution in [2.24, 2.45) is 17.8 Å². The molecule has 2 aliphatic rings. The molecule has 0 bridgehead atoms. The summed E-state index contributed by atoms with van der Waals surface area (Å²) >= 11 is 0. The van der Waals surface area contributed by atoms with Crippen LogP contribution in [-0.2, 0) is 0 Å². The lowest BCUT2D eigenvalue weighted by atomic mass is 9.64. The summed E-state index contributed by atoms with van der Waals surface area (Å²) in [5, 5.41) is 0. The Labute approximate surface area is 161 Å². The zero-order chi connectivity index (χ0) is 19.0. The van der Waals surface area contributed by atoms with Gasteiger partial charge in [-0.15, -0.1) is 6.58 Å². The molecule has 0 amide bonds. The molecule has 4 unspecified atom stereocenters. The van der Waals surface area contributed by atoms with Crippen LogP contribution < -0.4 is 0 Å². The predicted molar refractivity (Wildman–Crippen MR) is 108 cm³/mol. The van der Waals surface area contributed by atoms with Crippen molar-refractivity contribution in [3.63, 3.8) is 0 Å². The van der Waals surface area contributed by atoms with E-state index in [0.717, 1.165) is 17.4 Å². The van der Waals surface area contributed by atoms with Gasteiger partial charge in [0.25, 0.3) is 0 Å². The first-order chi connectivity index (χ1) is 13.1. The highest BCUT2D eigenvalue weighted by Gasteiger charge is 2.35. The second kappa shape index (κ2) is 7.58. The van der Waals surface area contributed by atoms with E-state index in [1.807, 2.05) is 12.1 Å². The van der Waals surface area contributed by atoms with Crippen molar-refractivity contribution >= 4 is 0 Å². The van der Waals surface area contributed by atoms with E-state index in [4.69, 9.17) is 0 Å². The fourth-order valence-corrected chi connectivity index (χ4v) is 5.25. The van der Waals surface area contributed by atoms with Crippen LogP contribution in [0.5, 0.6) is 0 Å². The van der Waals surface area contributed by atoms with Gasteiger partial charge in [-0.3, -0.25) is 0 Å². The van der Waals surface area contributed by atoms with Gasteiger partial charge in [0, 0.05) is 5.56 Å². The Kier molecular flexibility index (Phi) is 5.16. The molecule has 0 aliphatic heterocycles. The number of benzene rings is 2. The van der Waals surface area contributed by atoms with Crippen LogP contribution in [0, 0.1) is 36.3 Å². The Morgan fingerprint density at radius 3 is 2.30 bits per heavy atom. The van der Waals surface area contributed by atoms with Gasteiger partial charge in [-0.2, -0.15) is 0 Å². The summed E-state index contributed by atoms with van der Waals surface area (Å²) in [6.07, 6.45) is 9.88. The van der Waals surface area contributed by atoms with Crippen LogP contribution in [-0.4, -0.2) is 0 Å². The summed E-state index contributed by atoms with van der Waals surface area (Å²) in [7, 11) is 0. The lowest BCUT2D eigenvalue weighted by molar-refractivity contribution is 0.133. The summed E-state index contributed by atoms with van der Waals surface area (Å²) in [6.45, 7) is 5.57. The first-order valence-corrected chi connectivity index (χ1v) is 10.2. The van der Waals surface area contributed by atoms with Crippen molar-refractivity contribution in [2.45, 2.75) is 51.4 Å². The second-order valence-electron chi connectivity index (χ2n) is 8.52. The summed E-state index contributed by atoms with van der Waals surface area (Å²) < 4.78 is 28.1. The van der Waals surface area contributed by atoms with Crippen LogP contribution in [0.4, 0.5) is 8.78 Å². The maximum Gasteiger partial charge on any atom is 0.166 e. The minimum absolute atomic E-state index is 0.343. The van der Waals surface area contributed by atoms with Gasteiger partial charge in [-0.1, -0.05) is 42.5 Å². The van der Waals surface area contributed by atoms with E-state index >= 15 is 0 Å². The monoisotopic (exact) mass is 366 g/mol. The van der Waals surface area contributed by atoms with Crippen LogP contribution in [0.25, 0.3) is 11.1 Å². The molecule has 0 radical (unpaired) electrons. The van der Waals surface area contributed by atoms with Gasteiger partial charge in [0.2, 0.25) is 0 Å². The highest BCUT2D eigenvalue weighted by Crippen LogP contribution is 2.47. The molecule has 4 atom stereocenters. The topological polar surface area (TPSA) is 0 Å². The fraction of sp³-hybridized carbons (Fsp3) is 0.440. The minimum Gasteiger partial charge on any atom is -0.203 e. The molecular weight excluding hydrogens is 338 g/mol. The zero-order valence-corrected chi connectivity index (χ0v) is 16.1. The van der Waals surface area contributed by atoms with E-state index < -0.39 is 11.6 Å². The third kappa shape index (κ3) is 3.59. The van der Waals surface area contributed by atoms with Crippen molar-refractivity contribution in [2.75, 3.05) is 0 Å². The number of allylic oxidation sites excluding steroid dienone is 1. The molecule has 0 spiro atoms. The Morgan fingerprint density at radius 1 is 0.852 bits per heavy atom. The molecule has 0 aromatic heterocycles. The zero-order valence-electron chi connectivity index (χ0n) is 16.1. The molecule has 2 fully saturated rings. The highest BCUT2D eigenvalue weighted by atomic mass is 19.2. The van der Waals surface area contributed by atoms with Gasteiger partial charge in [0.15, 0.2) is 11.6 Å². The number of fused-ring (bicyclic) bond motifs is 1. The Bertz CT molecular complexity index is 821. The maximum absolute atomic E-state index is 14.3. The maximum atomic E-state index is 14.3. The Morgan fingerprint density at radius 2 is 1.56 bits per heavy atom. The summed E-state index contributed by atoms with van der Waals surface area (Å²) in [5.74, 6) is 1.52. The quantitative estimate of drug-likeness (QED) is 0.496. The second-order valence-corrected chi connectivity index (χ2v) is 8.52. The normalized spacial score (nSPS) is 27.8. The van der Waals surface area contributed by atoms with Crippen LogP contribution in [0.1, 0.15) is 55.6 Å². The molecule has 4 rings (SSSR count). The molecule has 2 heteroatoms. The van der Waals surface area contributed by atoms with Gasteiger partial charge in [-0.25, -0.2) is 8.78 Å². The Hall–Kier alpha value is -1.96. The average Bonchev–Trinajstić information content (AvgIpc) is 2.71. The molecule has 27 heavy (non-hydrogen) atoms. The van der Waals surface area contributed by atoms with Gasteiger partial charge >= 0.3 is 0 Å². The molecule has 2 aromatic carbocycles. The summed E-state index contributed by atoms with van der Waals surface area (Å²) in [4.78, 5) is 0. The standard InChI is InChI=1S/C25H28F2/c1-3-17-5-6-22-15-21(12-11-20(22)14-17)18-7-9-19(10-8-18)23-13-4-16(2)24(26)25(23)27/h3-4,7-10,13,17,20-22H,1,5-6,11-12,14-15H2,2H3. The highest BCUT2D eigenvalue weighted by molar-refractivity contribution is 5.65. The first-order valence-electron chi connectivity index (χ1n) is 10.2. The SMILES string of the molecule is C=CC1CCC2CC(c3ccc(-c4ccc(C)c(F)c4F)cc3)CCC2C1. The average molecular weight is 366 g/mol. The number of rotatable bonds is 3. The van der Waals surface area contributed by atoms with Crippen molar-refractivity contribution in [3.05, 3.63) is 71.8 Å². The number of halogens is 2. The molecule has 2 saturated carbocycles. The van der Waals surface area contributed by atoms with E-state index in [2.05, 4.69) is 24.8 Å². The van der Waals surface area contributed by atoms with Gasteiger partial charge in [0.1, 0.15) is 0 Å². The van der Waals surface area contributed by atoms with Crippen LogP contribution >= 0.6 is 0 Å². The molecule has 2 aromatic rings. The lowest BCUT2D eigenvalue weighted by Crippen LogP contribution is -2.29. The molecule has 142 valence electrons. The van der Waals surface area contributed by atoms with E-state index in [1.165, 1.54) is 44.1 Å². The number of hydrogen-bond acceptors (Lipinski definition) is 0. The number of hydrogen-bond donors (Lipinski definition) is 0. The van der Waals surface area contributed by atoms with Gasteiger partial charge in [0.05, 0.1) is 0 Å². The fourth-order valence-electron chi connectivity index (χ4n) is 5.25. The minimum atomic E-state index is -0.748. The van der Waals surface area contributed by atoms with E-state index in [0.29, 0.717) is 23.0 Å². The third-order valence-corrected chi connectivity index (χ3v) is 6.96. The largest absolute Gasteiger partial charge is 0.203 e. The molecule has 2 aliphatic carbocycles. The van der Waals surface area contributed by atoms with Crippen molar-refractivity contribution < 1.29 is 8.78 Å². The molecular formula is C25H28F2. The smallest absolute Gasteiger partial charge is 0.166 e. The van der Waals surface area contributed by atoms with Gasteiger partial charge < -0.3 is 0 Å². The molecule has 0 saturated heterocycles. The van der Waals surface area contributed by atoms with Gasteiger partial charge in [-0.05, 0) is 85.8 Å². The Balaban J connectivity index is 1.49. The van der Waals surface area contributed by atoms with Crippen LogP contribution in [0.3, 0.4) is 0 Å². The summed E-state index contributed by atoms with van der Waals surface area (Å²) in [6, 6.07) is 11.4. The number of aryl methyl sites for hydroxylation is 1. The van der Waals surface area contributed by atoms with Crippen molar-refractivity contribution in [3.8, 4) is 11.1 Å². The van der Waals surface area contributed by atoms with Crippen molar-refractivity contribution in [1.82, 2.24) is 0 Å². The van der Waals surface area contributed by atoms with E-state index in [-0.39, 0.29) is 0 Å². The molecule has 0 N–H and O–H groups in total.